The summed E-state index contributed by atoms with van der Waals surface area (Å²) in [5.41, 5.74) is 0. The van der Waals surface area contributed by atoms with Gasteiger partial charge in [-0.15, -0.1) is 0 Å². The van der Waals surface area contributed by atoms with Gasteiger partial charge >= 0.3 is 0 Å². The van der Waals surface area contributed by atoms with Crippen LogP contribution in [0.15, 0.2) is 4.52 Å². The lowest BCUT2D eigenvalue weighted by Crippen LogP contribution is -2.04. The topological polar surface area (TPSA) is 62.7 Å². The molecule has 1 fully saturated rings. The average molecular weight is 251 g/mol. The lowest BCUT2D eigenvalue weighted by molar-refractivity contribution is 0.354. The van der Waals surface area contributed by atoms with Gasteiger partial charge in [-0.3, -0.25) is 0 Å². The standard InChI is InChI=1S/C12H17N3OS/c1-9(5-6-13)8-11-14-12(15-16-11)10-4-2-3-7-17-10/h9-10H,2-5,7-8H2,1H3. The molecule has 1 aromatic heterocycles. The predicted octanol–water partition coefficient (Wildman–Crippen LogP) is 3.12. The number of rotatable bonds is 4. The maximum absolute atomic E-state index is 8.60. The molecule has 1 aliphatic heterocycles. The van der Waals surface area contributed by atoms with E-state index < -0.39 is 0 Å². The van der Waals surface area contributed by atoms with Crippen LogP contribution in [-0.4, -0.2) is 15.9 Å². The van der Waals surface area contributed by atoms with Crippen LogP contribution in [0.2, 0.25) is 0 Å². The maximum Gasteiger partial charge on any atom is 0.226 e. The third kappa shape index (κ3) is 3.47. The third-order valence-corrected chi connectivity index (χ3v) is 4.29. The Morgan fingerprint density at radius 3 is 3.18 bits per heavy atom. The highest BCUT2D eigenvalue weighted by Gasteiger charge is 2.21. The van der Waals surface area contributed by atoms with Crippen molar-refractivity contribution < 1.29 is 4.52 Å². The van der Waals surface area contributed by atoms with Crippen molar-refractivity contribution in [2.24, 2.45) is 5.92 Å². The van der Waals surface area contributed by atoms with Crippen molar-refractivity contribution in [3.8, 4) is 6.07 Å². The lowest BCUT2D eigenvalue weighted by Gasteiger charge is -2.17. The summed E-state index contributed by atoms with van der Waals surface area (Å²) < 4.78 is 5.25. The Bertz CT molecular complexity index is 393. The Kier molecular flexibility index (Phi) is 4.43. The number of aromatic nitrogens is 2. The van der Waals surface area contributed by atoms with Crippen LogP contribution in [0.25, 0.3) is 0 Å². The first kappa shape index (κ1) is 12.4. The van der Waals surface area contributed by atoms with E-state index in [9.17, 15) is 0 Å². The Morgan fingerprint density at radius 1 is 1.59 bits per heavy atom. The summed E-state index contributed by atoms with van der Waals surface area (Å²) >= 11 is 1.92. The molecule has 0 saturated carbocycles. The average Bonchev–Trinajstić information content (AvgIpc) is 2.79. The molecular formula is C12H17N3OS. The molecule has 4 nitrogen and oxygen atoms in total. The Labute approximate surface area is 106 Å². The van der Waals surface area contributed by atoms with Crippen LogP contribution < -0.4 is 0 Å². The molecule has 2 heterocycles. The van der Waals surface area contributed by atoms with Crippen molar-refractivity contribution in [1.29, 1.82) is 5.26 Å². The highest BCUT2D eigenvalue weighted by Crippen LogP contribution is 2.36. The van der Waals surface area contributed by atoms with E-state index >= 15 is 0 Å². The smallest absolute Gasteiger partial charge is 0.226 e. The van der Waals surface area contributed by atoms with E-state index in [-0.39, 0.29) is 5.92 Å². The van der Waals surface area contributed by atoms with Gasteiger partial charge < -0.3 is 4.52 Å². The van der Waals surface area contributed by atoms with Crippen LogP contribution in [0.3, 0.4) is 0 Å². The molecule has 2 unspecified atom stereocenters. The molecular weight excluding hydrogens is 234 g/mol. The van der Waals surface area contributed by atoms with Crippen molar-refractivity contribution in [2.45, 2.75) is 44.3 Å². The van der Waals surface area contributed by atoms with Crippen molar-refractivity contribution in [3.63, 3.8) is 0 Å². The van der Waals surface area contributed by atoms with E-state index in [1.54, 1.807) is 0 Å². The third-order valence-electron chi connectivity index (χ3n) is 2.91. The molecule has 1 saturated heterocycles. The van der Waals surface area contributed by atoms with Crippen molar-refractivity contribution in [3.05, 3.63) is 11.7 Å². The van der Waals surface area contributed by atoms with Gasteiger partial charge in [-0.1, -0.05) is 18.5 Å². The van der Waals surface area contributed by atoms with E-state index in [1.807, 2.05) is 18.7 Å². The van der Waals surface area contributed by atoms with E-state index in [4.69, 9.17) is 9.78 Å². The molecule has 0 radical (unpaired) electrons. The van der Waals surface area contributed by atoms with E-state index in [1.165, 1.54) is 18.6 Å². The van der Waals surface area contributed by atoms with Crippen molar-refractivity contribution in [1.82, 2.24) is 10.1 Å². The predicted molar refractivity (Wildman–Crippen MR) is 66.4 cm³/mol. The number of nitriles is 1. The summed E-state index contributed by atoms with van der Waals surface area (Å²) in [7, 11) is 0. The van der Waals surface area contributed by atoms with E-state index in [2.05, 4.69) is 16.2 Å². The fourth-order valence-electron chi connectivity index (χ4n) is 1.95. The van der Waals surface area contributed by atoms with Crippen LogP contribution >= 0.6 is 11.8 Å². The molecule has 1 aromatic rings. The maximum atomic E-state index is 8.60. The quantitative estimate of drug-likeness (QED) is 0.822. The Balaban J connectivity index is 1.93. The zero-order chi connectivity index (χ0) is 12.1. The number of hydrogen-bond acceptors (Lipinski definition) is 5. The van der Waals surface area contributed by atoms with Gasteiger partial charge in [-0.25, -0.2) is 0 Å². The highest BCUT2D eigenvalue weighted by molar-refractivity contribution is 7.99. The molecule has 0 amide bonds. The second kappa shape index (κ2) is 6.06. The summed E-state index contributed by atoms with van der Waals surface area (Å²) in [6, 6.07) is 2.16. The van der Waals surface area contributed by atoms with Gasteiger partial charge in [0.1, 0.15) is 0 Å². The fraction of sp³-hybridized carbons (Fsp3) is 0.750. The van der Waals surface area contributed by atoms with Gasteiger partial charge in [0.05, 0.1) is 11.3 Å². The van der Waals surface area contributed by atoms with Crippen molar-refractivity contribution in [2.75, 3.05) is 5.75 Å². The molecule has 17 heavy (non-hydrogen) atoms. The summed E-state index contributed by atoms with van der Waals surface area (Å²) in [6.07, 6.45) is 4.95. The summed E-state index contributed by atoms with van der Waals surface area (Å²) in [4.78, 5) is 4.45. The second-order valence-corrected chi connectivity index (χ2v) is 5.88. The van der Waals surface area contributed by atoms with Crippen molar-refractivity contribution >= 4 is 11.8 Å². The molecule has 5 heteroatoms. The molecule has 0 spiro atoms. The minimum Gasteiger partial charge on any atom is -0.339 e. The number of thioether (sulfide) groups is 1. The molecule has 92 valence electrons. The first-order chi connectivity index (χ1) is 8.29. The van der Waals surface area contributed by atoms with Crippen LogP contribution in [0.5, 0.6) is 0 Å². The minimum atomic E-state index is 0.285. The summed E-state index contributed by atoms with van der Waals surface area (Å²) in [6.45, 7) is 2.03. The van der Waals surface area contributed by atoms with Gasteiger partial charge in [0.25, 0.3) is 0 Å². The van der Waals surface area contributed by atoms with Gasteiger partial charge in [0, 0.05) is 12.8 Å². The zero-order valence-corrected chi connectivity index (χ0v) is 10.9. The largest absolute Gasteiger partial charge is 0.339 e. The van der Waals surface area contributed by atoms with Gasteiger partial charge in [0.15, 0.2) is 5.82 Å². The van der Waals surface area contributed by atoms with Gasteiger partial charge in [-0.05, 0) is 24.5 Å². The molecule has 0 bridgehead atoms. The van der Waals surface area contributed by atoms with Crippen LogP contribution in [0.1, 0.15) is 49.6 Å². The summed E-state index contributed by atoms with van der Waals surface area (Å²) in [5.74, 6) is 2.99. The first-order valence-electron chi connectivity index (χ1n) is 6.10. The monoisotopic (exact) mass is 251 g/mol. The molecule has 0 aromatic carbocycles. The van der Waals surface area contributed by atoms with Crippen LogP contribution in [0.4, 0.5) is 0 Å². The summed E-state index contributed by atoms with van der Waals surface area (Å²) in [5, 5.41) is 13.1. The van der Waals surface area contributed by atoms with Gasteiger partial charge in [-0.2, -0.15) is 22.0 Å². The number of hydrogen-bond donors (Lipinski definition) is 0. The molecule has 0 N–H and O–H groups in total. The van der Waals surface area contributed by atoms with Gasteiger partial charge in [0.2, 0.25) is 5.89 Å². The normalized spacial score (nSPS) is 22.0. The lowest BCUT2D eigenvalue weighted by atomic mass is 10.1. The van der Waals surface area contributed by atoms with Crippen LogP contribution in [-0.2, 0) is 6.42 Å². The molecule has 1 aliphatic rings. The Hall–Kier alpha value is -1.02. The first-order valence-corrected chi connectivity index (χ1v) is 7.15. The SMILES string of the molecule is CC(CC#N)Cc1nc(C2CCCCS2)no1. The fourth-order valence-corrected chi connectivity index (χ4v) is 3.19. The Morgan fingerprint density at radius 2 is 2.47 bits per heavy atom. The number of nitrogens with zero attached hydrogens (tertiary/aromatic N) is 3. The molecule has 0 aliphatic carbocycles. The zero-order valence-electron chi connectivity index (χ0n) is 10.1. The highest BCUT2D eigenvalue weighted by atomic mass is 32.2. The minimum absolute atomic E-state index is 0.285. The molecule has 2 rings (SSSR count). The molecule has 2 atom stereocenters. The van der Waals surface area contributed by atoms with E-state index in [0.29, 0.717) is 24.0 Å². The van der Waals surface area contributed by atoms with E-state index in [0.717, 1.165) is 12.2 Å². The van der Waals surface area contributed by atoms with Crippen LogP contribution in [0, 0.1) is 17.2 Å². The second-order valence-electron chi connectivity index (χ2n) is 4.57.